The third-order valence-electron chi connectivity index (χ3n) is 4.14. The number of nitrogens with one attached hydrogen (secondary N) is 2. The van der Waals surface area contributed by atoms with E-state index in [0.29, 0.717) is 12.2 Å². The first-order valence-electron chi connectivity index (χ1n) is 8.58. The molecule has 0 saturated heterocycles. The van der Waals surface area contributed by atoms with Crippen LogP contribution in [0.1, 0.15) is 5.56 Å². The van der Waals surface area contributed by atoms with Crippen LogP contribution in [0.15, 0.2) is 72.9 Å². The van der Waals surface area contributed by atoms with Gasteiger partial charge >= 0.3 is 0 Å². The number of aromatic nitrogens is 3. The van der Waals surface area contributed by atoms with E-state index >= 15 is 0 Å². The summed E-state index contributed by atoms with van der Waals surface area (Å²) in [6.45, 7) is 0. The molecule has 0 aliphatic rings. The van der Waals surface area contributed by atoms with Crippen molar-refractivity contribution in [3.63, 3.8) is 0 Å². The van der Waals surface area contributed by atoms with Gasteiger partial charge in [0.15, 0.2) is 0 Å². The van der Waals surface area contributed by atoms with Crippen LogP contribution in [0.5, 0.6) is 11.6 Å². The molecule has 0 spiro atoms. The molecule has 6 nitrogen and oxygen atoms in total. The Morgan fingerprint density at radius 3 is 2.68 bits per heavy atom. The van der Waals surface area contributed by atoms with Gasteiger partial charge in [0, 0.05) is 24.1 Å². The highest BCUT2D eigenvalue weighted by atomic mass is 19.1. The lowest BCUT2D eigenvalue weighted by Crippen LogP contribution is -2.30. The third-order valence-corrected chi connectivity index (χ3v) is 4.14. The monoisotopic (exact) mass is 373 g/mol. The minimum atomic E-state index is -0.357. The summed E-state index contributed by atoms with van der Waals surface area (Å²) in [4.78, 5) is 4.29. The first-order valence-corrected chi connectivity index (χ1v) is 8.58. The summed E-state index contributed by atoms with van der Waals surface area (Å²) in [7, 11) is 0. The van der Waals surface area contributed by atoms with E-state index < -0.39 is 0 Å². The maximum absolute atomic E-state index is 13.0. The Labute approximate surface area is 159 Å². The zero-order valence-corrected chi connectivity index (χ0v) is 14.8. The second-order valence-electron chi connectivity index (χ2n) is 6.18. The number of fused-ring (bicyclic) bond motifs is 1. The number of rotatable bonds is 4. The van der Waals surface area contributed by atoms with Crippen molar-refractivity contribution in [1.82, 2.24) is 14.8 Å². The largest absolute Gasteiger partial charge is 0.438 e. The Kier molecular flexibility index (Phi) is 4.63. The average Bonchev–Trinajstić information content (AvgIpc) is 2.71. The van der Waals surface area contributed by atoms with Crippen LogP contribution in [0.4, 0.5) is 4.39 Å². The van der Waals surface area contributed by atoms with Crippen LogP contribution in [-0.4, -0.2) is 20.6 Å². The van der Waals surface area contributed by atoms with Gasteiger partial charge in [-0.05, 0) is 54.1 Å². The molecule has 0 unspecified atom stereocenters. The standard InChI is InChI=1S/C21H16FN5O/c22-16-4-6-17(7-5-16)28-21-10-9-19(23)27(26-21)20(24)13-14-3-8-18-15(12-14)2-1-11-25-18/h1-12,23-24H,13H2. The van der Waals surface area contributed by atoms with Gasteiger partial charge in [-0.3, -0.25) is 15.8 Å². The zero-order valence-electron chi connectivity index (χ0n) is 14.8. The van der Waals surface area contributed by atoms with Crippen LogP contribution < -0.4 is 10.2 Å². The molecule has 4 aromatic rings. The van der Waals surface area contributed by atoms with E-state index in [0.717, 1.165) is 16.5 Å². The molecule has 0 atom stereocenters. The summed E-state index contributed by atoms with van der Waals surface area (Å²) in [5.74, 6) is 0.420. The molecule has 2 aromatic heterocycles. The van der Waals surface area contributed by atoms with Crippen molar-refractivity contribution in [2.75, 3.05) is 0 Å². The topological polar surface area (TPSA) is 87.6 Å². The summed E-state index contributed by atoms with van der Waals surface area (Å²) in [6, 6.07) is 18.2. The lowest BCUT2D eigenvalue weighted by Gasteiger charge is -2.11. The number of nitrogens with zero attached hydrogens (tertiary/aromatic N) is 3. The van der Waals surface area contributed by atoms with Gasteiger partial charge in [0.05, 0.1) is 5.52 Å². The summed E-state index contributed by atoms with van der Waals surface area (Å²) in [5.41, 5.74) is 1.88. The van der Waals surface area contributed by atoms with Gasteiger partial charge in [-0.2, -0.15) is 4.68 Å². The predicted molar refractivity (Wildman–Crippen MR) is 103 cm³/mol. The SMILES string of the molecule is N=C(Cc1ccc2ncccc2c1)n1nc(Oc2ccc(F)cc2)ccc1=N. The minimum absolute atomic E-state index is 0.0684. The van der Waals surface area contributed by atoms with Crippen molar-refractivity contribution < 1.29 is 9.13 Å². The number of hydrogen-bond acceptors (Lipinski definition) is 5. The van der Waals surface area contributed by atoms with E-state index in [1.165, 1.54) is 41.1 Å². The van der Waals surface area contributed by atoms with E-state index in [1.54, 1.807) is 6.20 Å². The summed E-state index contributed by atoms with van der Waals surface area (Å²) < 4.78 is 19.8. The van der Waals surface area contributed by atoms with Gasteiger partial charge < -0.3 is 4.74 Å². The van der Waals surface area contributed by atoms with Gasteiger partial charge in [-0.1, -0.05) is 12.1 Å². The molecule has 0 amide bonds. The quantitative estimate of drug-likeness (QED) is 0.420. The molecule has 7 heteroatoms. The first kappa shape index (κ1) is 17.5. The van der Waals surface area contributed by atoms with E-state index in [9.17, 15) is 4.39 Å². The van der Waals surface area contributed by atoms with Crippen LogP contribution in [-0.2, 0) is 6.42 Å². The van der Waals surface area contributed by atoms with Crippen LogP contribution in [0.2, 0.25) is 0 Å². The highest BCUT2D eigenvalue weighted by molar-refractivity contribution is 5.85. The summed E-state index contributed by atoms with van der Waals surface area (Å²) >= 11 is 0. The lowest BCUT2D eigenvalue weighted by molar-refractivity contribution is 0.446. The molecule has 2 heterocycles. The van der Waals surface area contributed by atoms with Crippen LogP contribution in [0.3, 0.4) is 0 Å². The van der Waals surface area contributed by atoms with Crippen LogP contribution >= 0.6 is 0 Å². The molecule has 0 aliphatic heterocycles. The van der Waals surface area contributed by atoms with Crippen LogP contribution in [0.25, 0.3) is 10.9 Å². The number of benzene rings is 2. The molecular formula is C21H16FN5O. The second-order valence-corrected chi connectivity index (χ2v) is 6.18. The maximum Gasteiger partial charge on any atom is 0.237 e. The van der Waals surface area contributed by atoms with E-state index in [4.69, 9.17) is 15.6 Å². The fourth-order valence-electron chi connectivity index (χ4n) is 2.79. The molecule has 2 N–H and O–H groups in total. The van der Waals surface area contributed by atoms with E-state index in [1.807, 2.05) is 30.3 Å². The number of hydrogen-bond donors (Lipinski definition) is 2. The molecule has 0 saturated carbocycles. The lowest BCUT2D eigenvalue weighted by atomic mass is 10.1. The fourth-order valence-corrected chi connectivity index (χ4v) is 2.79. The second kappa shape index (κ2) is 7.40. The average molecular weight is 373 g/mol. The molecule has 0 bridgehead atoms. The molecule has 4 rings (SSSR count). The molecule has 0 aliphatic carbocycles. The number of halogens is 1. The predicted octanol–water partition coefficient (Wildman–Crippen LogP) is 3.91. The maximum atomic E-state index is 13.0. The van der Waals surface area contributed by atoms with Crippen molar-refractivity contribution in [2.24, 2.45) is 0 Å². The Morgan fingerprint density at radius 1 is 1.04 bits per heavy atom. The smallest absolute Gasteiger partial charge is 0.237 e. The van der Waals surface area contributed by atoms with Gasteiger partial charge in [0.1, 0.15) is 22.9 Å². The van der Waals surface area contributed by atoms with Crippen molar-refractivity contribution in [1.29, 1.82) is 10.8 Å². The van der Waals surface area contributed by atoms with E-state index in [-0.39, 0.29) is 23.0 Å². The minimum Gasteiger partial charge on any atom is -0.438 e. The number of pyridine rings is 1. The van der Waals surface area contributed by atoms with Crippen molar-refractivity contribution in [3.8, 4) is 11.6 Å². The Bertz CT molecular complexity index is 1220. The Hall–Kier alpha value is -3.87. The fraction of sp³-hybridized carbons (Fsp3) is 0.0476. The van der Waals surface area contributed by atoms with Gasteiger partial charge in [0.2, 0.25) is 5.88 Å². The zero-order chi connectivity index (χ0) is 19.5. The molecule has 2 aromatic carbocycles. The third kappa shape index (κ3) is 3.78. The number of ether oxygens (including phenoxy) is 1. The van der Waals surface area contributed by atoms with E-state index in [2.05, 4.69) is 10.1 Å². The summed E-state index contributed by atoms with van der Waals surface area (Å²) in [5, 5.41) is 21.6. The van der Waals surface area contributed by atoms with Crippen molar-refractivity contribution >= 4 is 16.7 Å². The van der Waals surface area contributed by atoms with Crippen LogP contribution in [0, 0.1) is 16.6 Å². The first-order chi connectivity index (χ1) is 13.6. The molecule has 138 valence electrons. The highest BCUT2D eigenvalue weighted by Crippen LogP contribution is 2.18. The normalized spacial score (nSPS) is 10.8. The molecule has 0 fully saturated rings. The van der Waals surface area contributed by atoms with Gasteiger partial charge in [0.25, 0.3) is 0 Å². The van der Waals surface area contributed by atoms with Crippen molar-refractivity contribution in [2.45, 2.75) is 6.42 Å². The molecular weight excluding hydrogens is 357 g/mol. The highest BCUT2D eigenvalue weighted by Gasteiger charge is 2.08. The Balaban J connectivity index is 1.57. The van der Waals surface area contributed by atoms with Gasteiger partial charge in [-0.15, -0.1) is 5.10 Å². The Morgan fingerprint density at radius 2 is 1.86 bits per heavy atom. The van der Waals surface area contributed by atoms with Crippen molar-refractivity contribution in [3.05, 3.63) is 89.8 Å². The molecule has 0 radical (unpaired) electrons. The van der Waals surface area contributed by atoms with Gasteiger partial charge in [-0.25, -0.2) is 4.39 Å². The summed E-state index contributed by atoms with van der Waals surface area (Å²) in [6.07, 6.45) is 2.04. The molecule has 28 heavy (non-hydrogen) atoms.